The summed E-state index contributed by atoms with van der Waals surface area (Å²) in [5.74, 6) is 0.702. The summed E-state index contributed by atoms with van der Waals surface area (Å²) in [5.41, 5.74) is -0.258. The van der Waals surface area contributed by atoms with E-state index in [1.807, 2.05) is 0 Å². The van der Waals surface area contributed by atoms with Gasteiger partial charge in [0.25, 0.3) is 0 Å². The van der Waals surface area contributed by atoms with E-state index in [1.165, 1.54) is 16.3 Å². The van der Waals surface area contributed by atoms with Crippen LogP contribution in [0.15, 0.2) is 21.0 Å². The largest absolute Gasteiger partial charge is 0.343 e. The normalized spacial score (nSPS) is 10.8. The van der Waals surface area contributed by atoms with Crippen molar-refractivity contribution in [2.45, 2.75) is 29.9 Å². The van der Waals surface area contributed by atoms with Crippen LogP contribution in [0.5, 0.6) is 0 Å². The van der Waals surface area contributed by atoms with Crippen molar-refractivity contribution in [3.05, 3.63) is 27.5 Å². The fourth-order valence-electron chi connectivity index (χ4n) is 1.35. The minimum Gasteiger partial charge on any atom is -0.273 e. The third-order valence-electron chi connectivity index (χ3n) is 2.23. The van der Waals surface area contributed by atoms with E-state index in [0.29, 0.717) is 21.2 Å². The van der Waals surface area contributed by atoms with Gasteiger partial charge < -0.3 is 0 Å². The van der Waals surface area contributed by atoms with Gasteiger partial charge in [0.15, 0.2) is 5.16 Å². The van der Waals surface area contributed by atoms with Crippen molar-refractivity contribution >= 4 is 23.4 Å². The van der Waals surface area contributed by atoms with Crippen LogP contribution in [0.25, 0.3) is 0 Å². The van der Waals surface area contributed by atoms with Crippen molar-refractivity contribution in [3.63, 3.8) is 0 Å². The first-order chi connectivity index (χ1) is 8.60. The predicted octanol–water partition coefficient (Wildman–Crippen LogP) is 1.66. The van der Waals surface area contributed by atoms with Gasteiger partial charge in [-0.1, -0.05) is 18.5 Å². The van der Waals surface area contributed by atoms with Crippen LogP contribution in [0.1, 0.15) is 19.2 Å². The van der Waals surface area contributed by atoms with Crippen LogP contribution in [0.2, 0.25) is 5.15 Å². The van der Waals surface area contributed by atoms with E-state index in [0.717, 1.165) is 12.8 Å². The average molecular weight is 286 g/mol. The van der Waals surface area contributed by atoms with Gasteiger partial charge in [-0.2, -0.15) is 0 Å². The molecule has 0 amide bonds. The number of aromatic amines is 1. The molecule has 2 aromatic rings. The van der Waals surface area contributed by atoms with Gasteiger partial charge in [-0.15, -0.1) is 5.10 Å². The molecule has 0 unspecified atom stereocenters. The minimum atomic E-state index is -0.258. The summed E-state index contributed by atoms with van der Waals surface area (Å²) >= 11 is 7.21. The molecule has 96 valence electrons. The van der Waals surface area contributed by atoms with Gasteiger partial charge in [-0.25, -0.2) is 19.9 Å². The van der Waals surface area contributed by atoms with Crippen LogP contribution >= 0.6 is 23.4 Å². The molecule has 0 aliphatic rings. The zero-order chi connectivity index (χ0) is 13.1. The van der Waals surface area contributed by atoms with Crippen LogP contribution < -0.4 is 5.69 Å². The van der Waals surface area contributed by atoms with Crippen LogP contribution in [0.4, 0.5) is 0 Å². The maximum atomic E-state index is 11.2. The molecule has 2 heterocycles. The predicted molar refractivity (Wildman–Crippen MR) is 69.0 cm³/mol. The lowest BCUT2D eigenvalue weighted by atomic mass is 10.3. The summed E-state index contributed by atoms with van der Waals surface area (Å²) in [5, 5.41) is 7.89. The number of hydrogen-bond acceptors (Lipinski definition) is 5. The summed E-state index contributed by atoms with van der Waals surface area (Å²) in [4.78, 5) is 19.7. The molecule has 2 rings (SSSR count). The number of H-pyrrole nitrogens is 1. The molecule has 6 nitrogen and oxygen atoms in total. The summed E-state index contributed by atoms with van der Waals surface area (Å²) in [6.07, 6.45) is 1.72. The molecule has 0 bridgehead atoms. The highest BCUT2D eigenvalue weighted by Gasteiger charge is 2.09. The molecule has 0 radical (unpaired) electrons. The van der Waals surface area contributed by atoms with Crippen LogP contribution in [0.3, 0.4) is 0 Å². The van der Waals surface area contributed by atoms with Gasteiger partial charge in [-0.05, 0) is 18.2 Å². The zero-order valence-corrected chi connectivity index (χ0v) is 11.5. The third-order valence-corrected chi connectivity index (χ3v) is 3.39. The van der Waals surface area contributed by atoms with Crippen LogP contribution in [-0.4, -0.2) is 24.7 Å². The molecule has 0 atom stereocenters. The molecule has 8 heteroatoms. The van der Waals surface area contributed by atoms with Crippen molar-refractivity contribution in [1.29, 1.82) is 0 Å². The number of halogens is 1. The highest BCUT2D eigenvalue weighted by atomic mass is 35.5. The molecule has 0 spiro atoms. The number of hydrogen-bond donors (Lipinski definition) is 1. The Morgan fingerprint density at radius 3 is 2.89 bits per heavy atom. The monoisotopic (exact) mass is 285 g/mol. The Labute approximate surface area is 113 Å². The second-order valence-electron chi connectivity index (χ2n) is 3.67. The Kier molecular flexibility index (Phi) is 4.03. The molecule has 2 aromatic heterocycles. The second kappa shape index (κ2) is 5.53. The first-order valence-electron chi connectivity index (χ1n) is 5.43. The Balaban J connectivity index is 2.28. The Morgan fingerprint density at radius 1 is 1.50 bits per heavy atom. The molecule has 0 saturated carbocycles. The van der Waals surface area contributed by atoms with Gasteiger partial charge in [-0.3, -0.25) is 4.57 Å². The Bertz CT molecular complexity index is 609. The van der Waals surface area contributed by atoms with Crippen LogP contribution in [-0.2, 0) is 13.5 Å². The fraction of sp³-hybridized carbons (Fsp3) is 0.400. The minimum absolute atomic E-state index is 0.258. The van der Waals surface area contributed by atoms with Gasteiger partial charge >= 0.3 is 5.69 Å². The number of nitrogens with zero attached hydrogens (tertiary/aromatic N) is 4. The highest BCUT2D eigenvalue weighted by molar-refractivity contribution is 7.99. The average Bonchev–Trinajstić information content (AvgIpc) is 2.61. The topological polar surface area (TPSA) is 76.5 Å². The van der Waals surface area contributed by atoms with E-state index in [-0.39, 0.29) is 5.69 Å². The summed E-state index contributed by atoms with van der Waals surface area (Å²) in [6, 6.07) is 1.66. The Morgan fingerprint density at radius 2 is 2.28 bits per heavy atom. The van der Waals surface area contributed by atoms with Crippen molar-refractivity contribution in [2.75, 3.05) is 0 Å². The lowest BCUT2D eigenvalue weighted by Crippen LogP contribution is -2.12. The Hall–Kier alpha value is -1.34. The first-order valence-corrected chi connectivity index (χ1v) is 6.62. The van der Waals surface area contributed by atoms with Gasteiger partial charge in [0.1, 0.15) is 16.0 Å². The van der Waals surface area contributed by atoms with Crippen molar-refractivity contribution in [1.82, 2.24) is 24.7 Å². The van der Waals surface area contributed by atoms with Gasteiger partial charge in [0, 0.05) is 19.5 Å². The first kappa shape index (κ1) is 13.1. The van der Waals surface area contributed by atoms with E-state index in [4.69, 9.17) is 11.6 Å². The molecular formula is C10H12ClN5OS. The molecule has 1 N–H and O–H groups in total. The van der Waals surface area contributed by atoms with Gasteiger partial charge in [0.2, 0.25) is 0 Å². The van der Waals surface area contributed by atoms with E-state index in [9.17, 15) is 4.79 Å². The summed E-state index contributed by atoms with van der Waals surface area (Å²) < 4.78 is 1.42. The molecular weight excluding hydrogens is 274 g/mol. The standard InChI is InChI=1S/C10H12ClN5OS/c1-3-4-7-12-6(11)5-8(13-7)18-10-15-14-9(17)16(10)2/h5H,3-4H2,1-2H3,(H,14,17). The maximum absolute atomic E-state index is 11.2. The number of aryl methyl sites for hydroxylation is 1. The molecule has 18 heavy (non-hydrogen) atoms. The maximum Gasteiger partial charge on any atom is 0.343 e. The molecule has 0 fully saturated rings. The summed E-state index contributed by atoms with van der Waals surface area (Å²) in [6.45, 7) is 2.05. The molecule has 0 saturated heterocycles. The van der Waals surface area contributed by atoms with Crippen molar-refractivity contribution in [3.8, 4) is 0 Å². The lowest BCUT2D eigenvalue weighted by molar-refractivity contribution is 0.761. The van der Waals surface area contributed by atoms with Crippen LogP contribution in [0, 0.1) is 0 Å². The number of nitrogens with one attached hydrogen (secondary N) is 1. The van der Waals surface area contributed by atoms with Gasteiger partial charge in [0.05, 0.1) is 0 Å². The molecule has 0 aromatic carbocycles. The number of aromatic nitrogens is 5. The SMILES string of the molecule is CCCc1nc(Cl)cc(Sc2n[nH]c(=O)n2C)n1. The van der Waals surface area contributed by atoms with E-state index in [1.54, 1.807) is 13.1 Å². The zero-order valence-electron chi connectivity index (χ0n) is 9.97. The smallest absolute Gasteiger partial charge is 0.273 e. The highest BCUT2D eigenvalue weighted by Crippen LogP contribution is 2.24. The van der Waals surface area contributed by atoms with Crippen molar-refractivity contribution in [2.24, 2.45) is 7.05 Å². The summed E-state index contributed by atoms with van der Waals surface area (Å²) in [7, 11) is 1.64. The third kappa shape index (κ3) is 2.91. The van der Waals surface area contributed by atoms with E-state index in [2.05, 4.69) is 27.1 Å². The van der Waals surface area contributed by atoms with E-state index >= 15 is 0 Å². The van der Waals surface area contributed by atoms with E-state index < -0.39 is 0 Å². The number of rotatable bonds is 4. The molecule has 0 aliphatic heterocycles. The quantitative estimate of drug-likeness (QED) is 0.865. The fourth-order valence-corrected chi connectivity index (χ4v) is 2.43. The van der Waals surface area contributed by atoms with Crippen molar-refractivity contribution < 1.29 is 0 Å². The second-order valence-corrected chi connectivity index (χ2v) is 5.04. The molecule has 0 aliphatic carbocycles. The lowest BCUT2D eigenvalue weighted by Gasteiger charge is -2.03.